The van der Waals surface area contributed by atoms with Crippen molar-refractivity contribution < 1.29 is 0 Å². The third kappa shape index (κ3) is 1.60. The molecule has 3 rings (SSSR count). The van der Waals surface area contributed by atoms with Gasteiger partial charge in [0.25, 0.3) is 0 Å². The number of nitrogens with zero attached hydrogens (tertiary/aromatic N) is 2. The molecule has 0 radical (unpaired) electrons. The molecule has 17 heavy (non-hydrogen) atoms. The van der Waals surface area contributed by atoms with Gasteiger partial charge in [0.2, 0.25) is 5.95 Å². The van der Waals surface area contributed by atoms with Crippen LogP contribution in [0.15, 0.2) is 35.1 Å². The van der Waals surface area contributed by atoms with Crippen molar-refractivity contribution in [3.05, 3.63) is 52.2 Å². The molecule has 0 amide bonds. The van der Waals surface area contributed by atoms with Crippen LogP contribution in [0.5, 0.6) is 0 Å². The van der Waals surface area contributed by atoms with Crippen molar-refractivity contribution in [2.75, 3.05) is 5.73 Å². The topological polar surface area (TPSA) is 84.7 Å². The molecule has 0 aliphatic heterocycles. The molecule has 3 N–H and O–H groups in total. The van der Waals surface area contributed by atoms with E-state index in [4.69, 9.17) is 5.73 Å². The molecule has 1 aliphatic carbocycles. The van der Waals surface area contributed by atoms with Crippen LogP contribution < -0.4 is 11.4 Å². The number of nitrogens with two attached hydrogens (primary N) is 1. The molecule has 1 fully saturated rings. The fourth-order valence-corrected chi connectivity index (χ4v) is 2.17. The van der Waals surface area contributed by atoms with Gasteiger partial charge in [-0.25, -0.2) is 4.79 Å². The number of H-pyrrole nitrogens is 1. The van der Waals surface area contributed by atoms with Crippen molar-refractivity contribution in [3.8, 4) is 0 Å². The average Bonchev–Trinajstić information content (AvgIpc) is 3.10. The molecule has 0 atom stereocenters. The highest BCUT2D eigenvalue weighted by Crippen LogP contribution is 2.51. The summed E-state index contributed by atoms with van der Waals surface area (Å²) in [6, 6.07) is 10.0. The summed E-state index contributed by atoms with van der Waals surface area (Å²) in [6.45, 7) is 0. The lowest BCUT2D eigenvalue weighted by molar-refractivity contribution is 0.734. The minimum atomic E-state index is -0.435. The van der Waals surface area contributed by atoms with Crippen molar-refractivity contribution in [1.82, 2.24) is 15.0 Å². The highest BCUT2D eigenvalue weighted by Gasteiger charge is 2.48. The maximum absolute atomic E-state index is 11.3. The van der Waals surface area contributed by atoms with Crippen LogP contribution in [0.1, 0.15) is 24.2 Å². The fraction of sp³-hybridized carbons (Fsp3) is 0.250. The minimum Gasteiger partial charge on any atom is -0.368 e. The van der Waals surface area contributed by atoms with Crippen LogP contribution >= 0.6 is 0 Å². The zero-order chi connectivity index (χ0) is 11.9. The Labute approximate surface area is 97.7 Å². The molecule has 2 aromatic rings. The highest BCUT2D eigenvalue weighted by atomic mass is 16.1. The Balaban J connectivity index is 2.12. The van der Waals surface area contributed by atoms with Gasteiger partial charge in [0.1, 0.15) is 5.82 Å². The Bertz CT molecular complexity index is 601. The first-order valence-electron chi connectivity index (χ1n) is 5.51. The molecule has 86 valence electrons. The van der Waals surface area contributed by atoms with Gasteiger partial charge in [0.15, 0.2) is 0 Å². The Morgan fingerprint density at radius 1 is 1.18 bits per heavy atom. The first kappa shape index (κ1) is 10.0. The van der Waals surface area contributed by atoms with E-state index in [0.29, 0.717) is 5.82 Å². The van der Waals surface area contributed by atoms with Gasteiger partial charge in [-0.15, -0.1) is 0 Å². The summed E-state index contributed by atoms with van der Waals surface area (Å²) in [5, 5.41) is 0. The molecular formula is C12H12N4O. The van der Waals surface area contributed by atoms with Crippen molar-refractivity contribution in [1.29, 1.82) is 0 Å². The molecule has 5 nitrogen and oxygen atoms in total. The summed E-state index contributed by atoms with van der Waals surface area (Å²) in [4.78, 5) is 21.7. The normalized spacial score (nSPS) is 16.7. The van der Waals surface area contributed by atoms with Gasteiger partial charge >= 0.3 is 5.69 Å². The van der Waals surface area contributed by atoms with Crippen LogP contribution in [-0.4, -0.2) is 15.0 Å². The molecular weight excluding hydrogens is 216 g/mol. The molecule has 1 aromatic heterocycles. The Kier molecular flexibility index (Phi) is 2.01. The predicted octanol–water partition coefficient (Wildman–Crippen LogP) is 0.827. The number of aromatic nitrogens is 3. The van der Waals surface area contributed by atoms with E-state index < -0.39 is 5.69 Å². The minimum absolute atomic E-state index is 0.0333. The number of hydrogen-bond acceptors (Lipinski definition) is 4. The first-order chi connectivity index (χ1) is 8.21. The lowest BCUT2D eigenvalue weighted by Gasteiger charge is -2.14. The van der Waals surface area contributed by atoms with Crippen molar-refractivity contribution in [3.63, 3.8) is 0 Å². The van der Waals surface area contributed by atoms with E-state index in [2.05, 4.69) is 15.0 Å². The van der Waals surface area contributed by atoms with E-state index in [1.54, 1.807) is 0 Å². The number of hydrogen-bond donors (Lipinski definition) is 2. The number of aromatic amines is 1. The number of benzene rings is 1. The van der Waals surface area contributed by atoms with Gasteiger partial charge in [0.05, 0.1) is 5.41 Å². The van der Waals surface area contributed by atoms with Gasteiger partial charge in [-0.05, 0) is 18.4 Å². The monoisotopic (exact) mass is 228 g/mol. The van der Waals surface area contributed by atoms with Crippen LogP contribution in [0, 0.1) is 0 Å². The smallest absolute Gasteiger partial charge is 0.349 e. The Hall–Kier alpha value is -2.17. The van der Waals surface area contributed by atoms with Gasteiger partial charge < -0.3 is 5.73 Å². The average molecular weight is 228 g/mol. The molecule has 1 aromatic carbocycles. The summed E-state index contributed by atoms with van der Waals surface area (Å²) in [5.41, 5.74) is 6.08. The number of nitrogen functional groups attached to an aromatic ring is 1. The predicted molar refractivity (Wildman–Crippen MR) is 63.5 cm³/mol. The molecule has 1 aliphatic rings. The second-order valence-corrected chi connectivity index (χ2v) is 4.31. The van der Waals surface area contributed by atoms with E-state index in [9.17, 15) is 4.79 Å². The van der Waals surface area contributed by atoms with E-state index in [1.807, 2.05) is 30.3 Å². The van der Waals surface area contributed by atoms with Crippen LogP contribution in [-0.2, 0) is 5.41 Å². The number of rotatable bonds is 2. The molecule has 0 saturated heterocycles. The molecule has 5 heteroatoms. The SMILES string of the molecule is Nc1nc(C2(c3ccccc3)CC2)[nH]c(=O)n1. The second-order valence-electron chi connectivity index (χ2n) is 4.31. The van der Waals surface area contributed by atoms with Gasteiger partial charge in [0, 0.05) is 0 Å². The molecule has 1 heterocycles. The van der Waals surface area contributed by atoms with Crippen LogP contribution in [0.4, 0.5) is 5.95 Å². The maximum Gasteiger partial charge on any atom is 0.349 e. The number of anilines is 1. The van der Waals surface area contributed by atoms with Gasteiger partial charge in [-0.2, -0.15) is 9.97 Å². The second kappa shape index (κ2) is 3.41. The fourth-order valence-electron chi connectivity index (χ4n) is 2.17. The van der Waals surface area contributed by atoms with E-state index in [1.165, 1.54) is 0 Å². The van der Waals surface area contributed by atoms with Gasteiger partial charge in [-0.1, -0.05) is 30.3 Å². The van der Waals surface area contributed by atoms with Crippen molar-refractivity contribution in [2.24, 2.45) is 0 Å². The van der Waals surface area contributed by atoms with Crippen molar-refractivity contribution >= 4 is 5.95 Å². The third-order valence-corrected chi connectivity index (χ3v) is 3.20. The van der Waals surface area contributed by atoms with Crippen LogP contribution in [0.2, 0.25) is 0 Å². The maximum atomic E-state index is 11.3. The Morgan fingerprint density at radius 2 is 1.88 bits per heavy atom. The van der Waals surface area contributed by atoms with Crippen LogP contribution in [0.3, 0.4) is 0 Å². The summed E-state index contributed by atoms with van der Waals surface area (Å²) in [7, 11) is 0. The zero-order valence-corrected chi connectivity index (χ0v) is 9.18. The zero-order valence-electron chi connectivity index (χ0n) is 9.18. The molecule has 1 saturated carbocycles. The molecule has 0 unspecified atom stereocenters. The first-order valence-corrected chi connectivity index (χ1v) is 5.51. The summed E-state index contributed by atoms with van der Waals surface area (Å²) >= 11 is 0. The number of nitrogens with one attached hydrogen (secondary N) is 1. The highest BCUT2D eigenvalue weighted by molar-refractivity contribution is 5.39. The lowest BCUT2D eigenvalue weighted by Crippen LogP contribution is -2.23. The largest absolute Gasteiger partial charge is 0.368 e. The standard InChI is InChI=1S/C12H12N4O/c13-10-14-9(15-11(17)16-10)12(6-7-12)8-4-2-1-3-5-8/h1-5H,6-7H2,(H3,13,14,15,16,17). The summed E-state index contributed by atoms with van der Waals surface area (Å²) in [5.74, 6) is 0.659. The van der Waals surface area contributed by atoms with E-state index in [-0.39, 0.29) is 11.4 Å². The Morgan fingerprint density at radius 3 is 2.47 bits per heavy atom. The van der Waals surface area contributed by atoms with E-state index >= 15 is 0 Å². The lowest BCUT2D eigenvalue weighted by atomic mass is 9.95. The molecule has 0 bridgehead atoms. The van der Waals surface area contributed by atoms with Gasteiger partial charge in [-0.3, -0.25) is 4.98 Å². The van der Waals surface area contributed by atoms with E-state index in [0.717, 1.165) is 18.4 Å². The third-order valence-electron chi connectivity index (χ3n) is 3.20. The summed E-state index contributed by atoms with van der Waals surface area (Å²) in [6.07, 6.45) is 1.95. The summed E-state index contributed by atoms with van der Waals surface area (Å²) < 4.78 is 0. The molecule has 0 spiro atoms. The quantitative estimate of drug-likeness (QED) is 0.797. The van der Waals surface area contributed by atoms with Crippen LogP contribution in [0.25, 0.3) is 0 Å². The van der Waals surface area contributed by atoms with Crippen molar-refractivity contribution in [2.45, 2.75) is 18.3 Å².